The molecule has 7 heteroatoms. The third kappa shape index (κ3) is 4.04. The lowest BCUT2D eigenvalue weighted by Crippen LogP contribution is -2.00. The van der Waals surface area contributed by atoms with Crippen LogP contribution in [0.2, 0.25) is 0 Å². The van der Waals surface area contributed by atoms with E-state index in [2.05, 4.69) is 24.7 Å². The second-order valence-electron chi connectivity index (χ2n) is 6.92. The predicted octanol–water partition coefficient (Wildman–Crippen LogP) is 5.50. The summed E-state index contributed by atoms with van der Waals surface area (Å²) in [5.74, 6) is 3.22. The first-order valence-electron chi connectivity index (χ1n) is 10.1. The summed E-state index contributed by atoms with van der Waals surface area (Å²) in [6.07, 6.45) is 0. The van der Waals surface area contributed by atoms with Crippen molar-refractivity contribution in [2.75, 3.05) is 6.61 Å². The van der Waals surface area contributed by atoms with Gasteiger partial charge in [-0.05, 0) is 43.3 Å². The van der Waals surface area contributed by atoms with Crippen LogP contribution in [-0.2, 0) is 5.75 Å². The zero-order valence-electron chi connectivity index (χ0n) is 17.0. The highest BCUT2D eigenvalue weighted by Gasteiger charge is 2.17. The Morgan fingerprint density at radius 3 is 2.45 bits per heavy atom. The molecule has 0 atom stereocenters. The fourth-order valence-corrected chi connectivity index (χ4v) is 4.26. The predicted molar refractivity (Wildman–Crippen MR) is 124 cm³/mol. The van der Waals surface area contributed by atoms with E-state index in [1.54, 1.807) is 11.8 Å². The maximum Gasteiger partial charge on any atom is 0.196 e. The van der Waals surface area contributed by atoms with Gasteiger partial charge in [0.05, 0.1) is 23.4 Å². The van der Waals surface area contributed by atoms with Gasteiger partial charge in [-0.1, -0.05) is 54.2 Å². The van der Waals surface area contributed by atoms with Crippen molar-refractivity contribution in [2.45, 2.75) is 17.8 Å². The van der Waals surface area contributed by atoms with Crippen LogP contribution in [0.3, 0.4) is 0 Å². The molecule has 0 aliphatic heterocycles. The van der Waals surface area contributed by atoms with Crippen LogP contribution in [0.25, 0.3) is 28.1 Å². The van der Waals surface area contributed by atoms with Crippen LogP contribution < -0.4 is 4.74 Å². The Morgan fingerprint density at radius 2 is 1.68 bits per heavy atom. The summed E-state index contributed by atoms with van der Waals surface area (Å²) in [5, 5.41) is 9.82. The van der Waals surface area contributed by atoms with E-state index >= 15 is 0 Å². The maximum atomic E-state index is 5.60. The number of hydrogen-bond acceptors (Lipinski definition) is 5. The lowest BCUT2D eigenvalue weighted by molar-refractivity contribution is 0.340. The Hall–Kier alpha value is -3.58. The summed E-state index contributed by atoms with van der Waals surface area (Å²) in [6, 6.07) is 26.2. The normalized spacial score (nSPS) is 11.1. The molecule has 0 saturated heterocycles. The van der Waals surface area contributed by atoms with Gasteiger partial charge in [-0.25, -0.2) is 4.98 Å². The number of H-pyrrole nitrogens is 1. The van der Waals surface area contributed by atoms with E-state index in [9.17, 15) is 0 Å². The number of aromatic amines is 1. The number of fused-ring (bicyclic) bond motifs is 1. The molecular weight excluding hydrogens is 406 g/mol. The minimum atomic E-state index is 0.639. The topological polar surface area (TPSA) is 68.6 Å². The van der Waals surface area contributed by atoms with Gasteiger partial charge in [0, 0.05) is 11.3 Å². The molecule has 0 aliphatic rings. The van der Waals surface area contributed by atoms with Crippen molar-refractivity contribution in [2.24, 2.45) is 0 Å². The number of thioether (sulfide) groups is 1. The van der Waals surface area contributed by atoms with E-state index in [0.717, 1.165) is 44.8 Å². The molecule has 6 nitrogen and oxygen atoms in total. The van der Waals surface area contributed by atoms with E-state index < -0.39 is 0 Å². The molecular formula is C24H21N5OS. The monoisotopic (exact) mass is 427 g/mol. The molecule has 0 fully saturated rings. The van der Waals surface area contributed by atoms with Gasteiger partial charge in [0.1, 0.15) is 11.6 Å². The number of aromatic nitrogens is 5. The summed E-state index contributed by atoms with van der Waals surface area (Å²) in [6.45, 7) is 2.62. The van der Waals surface area contributed by atoms with Gasteiger partial charge < -0.3 is 9.72 Å². The third-order valence-electron chi connectivity index (χ3n) is 4.85. The summed E-state index contributed by atoms with van der Waals surface area (Å²) >= 11 is 1.60. The molecule has 0 bridgehead atoms. The molecule has 5 aromatic rings. The number of ether oxygens (including phenoxy) is 1. The zero-order chi connectivity index (χ0) is 21.0. The van der Waals surface area contributed by atoms with Crippen LogP contribution in [0.15, 0.2) is 84.0 Å². The molecule has 0 saturated carbocycles. The first kappa shape index (κ1) is 19.4. The Bertz CT molecular complexity index is 1260. The number of nitrogens with zero attached hydrogens (tertiary/aromatic N) is 4. The smallest absolute Gasteiger partial charge is 0.196 e. The molecule has 2 aromatic heterocycles. The van der Waals surface area contributed by atoms with Crippen LogP contribution in [0.4, 0.5) is 0 Å². The van der Waals surface area contributed by atoms with Gasteiger partial charge in [0.25, 0.3) is 0 Å². The third-order valence-corrected chi connectivity index (χ3v) is 5.79. The van der Waals surface area contributed by atoms with Crippen molar-refractivity contribution in [1.82, 2.24) is 24.7 Å². The van der Waals surface area contributed by atoms with Gasteiger partial charge >= 0.3 is 0 Å². The van der Waals surface area contributed by atoms with Crippen molar-refractivity contribution in [1.29, 1.82) is 0 Å². The highest BCUT2D eigenvalue weighted by Crippen LogP contribution is 2.30. The van der Waals surface area contributed by atoms with Crippen LogP contribution >= 0.6 is 11.8 Å². The summed E-state index contributed by atoms with van der Waals surface area (Å²) < 4.78 is 7.68. The van der Waals surface area contributed by atoms with E-state index in [1.807, 2.05) is 85.8 Å². The van der Waals surface area contributed by atoms with Gasteiger partial charge in [-0.3, -0.25) is 4.57 Å². The average molecular weight is 428 g/mol. The van der Waals surface area contributed by atoms with Crippen molar-refractivity contribution in [3.05, 3.63) is 84.7 Å². The highest BCUT2D eigenvalue weighted by atomic mass is 32.2. The largest absolute Gasteiger partial charge is 0.494 e. The molecule has 0 amide bonds. The number of imidazole rings is 1. The van der Waals surface area contributed by atoms with Gasteiger partial charge in [0.15, 0.2) is 11.0 Å². The maximum absolute atomic E-state index is 5.60. The van der Waals surface area contributed by atoms with E-state index in [1.165, 1.54) is 0 Å². The standard InChI is InChI=1S/C24H21N5OS/c1-2-30-19-14-12-18(13-15-19)29-23(17-8-4-3-5-9-17)27-28-24(29)31-16-22-25-20-10-6-7-11-21(20)26-22/h3-15H,2,16H2,1H3,(H,25,26). The average Bonchev–Trinajstić information content (AvgIpc) is 3.43. The summed E-state index contributed by atoms with van der Waals surface area (Å²) in [5.41, 5.74) is 4.01. The van der Waals surface area contributed by atoms with Crippen molar-refractivity contribution < 1.29 is 4.74 Å². The first-order valence-corrected chi connectivity index (χ1v) is 11.1. The molecule has 0 spiro atoms. The number of rotatable bonds is 7. The minimum Gasteiger partial charge on any atom is -0.494 e. The highest BCUT2D eigenvalue weighted by molar-refractivity contribution is 7.98. The molecule has 154 valence electrons. The molecule has 2 heterocycles. The van der Waals surface area contributed by atoms with Gasteiger partial charge in [-0.15, -0.1) is 10.2 Å². The lowest BCUT2D eigenvalue weighted by Gasteiger charge is -2.11. The van der Waals surface area contributed by atoms with E-state index in [4.69, 9.17) is 4.74 Å². The molecule has 0 radical (unpaired) electrons. The minimum absolute atomic E-state index is 0.639. The van der Waals surface area contributed by atoms with Crippen LogP contribution in [0.1, 0.15) is 12.7 Å². The Kier molecular flexibility index (Phi) is 5.41. The fraction of sp³-hybridized carbons (Fsp3) is 0.125. The quantitative estimate of drug-likeness (QED) is 0.347. The van der Waals surface area contributed by atoms with E-state index in [-0.39, 0.29) is 0 Å². The Balaban J connectivity index is 1.49. The Labute approximate surface area is 184 Å². The van der Waals surface area contributed by atoms with Gasteiger partial charge in [-0.2, -0.15) is 0 Å². The second-order valence-corrected chi connectivity index (χ2v) is 7.87. The van der Waals surface area contributed by atoms with E-state index in [0.29, 0.717) is 12.4 Å². The second kappa shape index (κ2) is 8.65. The van der Waals surface area contributed by atoms with Crippen molar-refractivity contribution >= 4 is 22.8 Å². The first-order chi connectivity index (χ1) is 15.3. The Morgan fingerprint density at radius 1 is 0.903 bits per heavy atom. The summed E-state index contributed by atoms with van der Waals surface area (Å²) in [4.78, 5) is 8.06. The van der Waals surface area contributed by atoms with Crippen molar-refractivity contribution in [3.63, 3.8) is 0 Å². The zero-order valence-corrected chi connectivity index (χ0v) is 17.8. The number of hydrogen-bond donors (Lipinski definition) is 1. The van der Waals surface area contributed by atoms with Crippen LogP contribution in [0, 0.1) is 0 Å². The lowest BCUT2D eigenvalue weighted by atomic mass is 10.2. The fourth-order valence-electron chi connectivity index (χ4n) is 3.44. The molecule has 3 aromatic carbocycles. The van der Waals surface area contributed by atoms with Crippen LogP contribution in [0.5, 0.6) is 5.75 Å². The summed E-state index contributed by atoms with van der Waals surface area (Å²) in [7, 11) is 0. The molecule has 1 N–H and O–H groups in total. The van der Waals surface area contributed by atoms with Gasteiger partial charge in [0.2, 0.25) is 0 Å². The molecule has 31 heavy (non-hydrogen) atoms. The SMILES string of the molecule is CCOc1ccc(-n2c(SCc3nc4ccccc4[nH]3)nnc2-c2ccccc2)cc1. The number of nitrogens with one attached hydrogen (secondary N) is 1. The molecule has 0 aliphatic carbocycles. The molecule has 0 unspecified atom stereocenters. The molecule has 5 rings (SSSR count). The van der Waals surface area contributed by atoms with Crippen molar-refractivity contribution in [3.8, 4) is 22.8 Å². The van der Waals surface area contributed by atoms with Crippen LogP contribution in [-0.4, -0.2) is 31.3 Å². The number of para-hydroxylation sites is 2. The number of benzene rings is 3.